The molecule has 0 N–H and O–H groups in total. The predicted molar refractivity (Wildman–Crippen MR) is 70.9 cm³/mol. The average Bonchev–Trinajstić information content (AvgIpc) is 2.66. The quantitative estimate of drug-likeness (QED) is 0.812. The highest BCUT2D eigenvalue weighted by molar-refractivity contribution is 7.85. The summed E-state index contributed by atoms with van der Waals surface area (Å²) < 4.78 is 13.3. The number of hydrogen-bond acceptors (Lipinski definition) is 3. The molecule has 1 fully saturated rings. The largest absolute Gasteiger partial charge is 0.298 e. The van der Waals surface area contributed by atoms with Crippen molar-refractivity contribution in [3.05, 3.63) is 24.5 Å². The van der Waals surface area contributed by atoms with Crippen LogP contribution < -0.4 is 0 Å². The van der Waals surface area contributed by atoms with Gasteiger partial charge in [0.15, 0.2) is 0 Å². The normalized spacial score (nSPS) is 26.6. The van der Waals surface area contributed by atoms with Gasteiger partial charge < -0.3 is 0 Å². The Bertz CT molecular complexity index is 416. The van der Waals surface area contributed by atoms with Crippen LogP contribution in [-0.4, -0.2) is 43.5 Å². The molecular weight excluding hydrogens is 234 g/mol. The maximum Gasteiger partial charge on any atom is 0.0539 e. The van der Waals surface area contributed by atoms with E-state index in [1.54, 1.807) is 10.9 Å². The van der Waals surface area contributed by atoms with E-state index in [0.29, 0.717) is 5.92 Å². The first-order valence-electron chi connectivity index (χ1n) is 5.90. The summed E-state index contributed by atoms with van der Waals surface area (Å²) >= 11 is 0. The molecule has 1 aromatic heterocycles. The highest BCUT2D eigenvalue weighted by Gasteiger charge is 2.19. The highest BCUT2D eigenvalue weighted by Crippen LogP contribution is 2.12. The third-order valence-corrected chi connectivity index (χ3v) is 4.50. The van der Waals surface area contributed by atoms with Crippen molar-refractivity contribution < 1.29 is 4.21 Å². The third kappa shape index (κ3) is 3.51. The Labute approximate surface area is 105 Å². The predicted octanol–water partition coefficient (Wildman–Crippen LogP) is 1.18. The van der Waals surface area contributed by atoms with Crippen molar-refractivity contribution in [1.82, 2.24) is 14.7 Å². The smallest absolute Gasteiger partial charge is 0.0539 e. The Balaban J connectivity index is 1.97. The Morgan fingerprint density at radius 1 is 1.71 bits per heavy atom. The topological polar surface area (TPSA) is 38.1 Å². The molecule has 0 aromatic carbocycles. The van der Waals surface area contributed by atoms with Crippen molar-refractivity contribution in [3.8, 4) is 0 Å². The van der Waals surface area contributed by atoms with Gasteiger partial charge in [0.2, 0.25) is 0 Å². The minimum atomic E-state index is -0.641. The second kappa shape index (κ2) is 5.60. The van der Waals surface area contributed by atoms with E-state index in [0.717, 1.165) is 31.1 Å². The van der Waals surface area contributed by atoms with E-state index >= 15 is 0 Å². The summed E-state index contributed by atoms with van der Waals surface area (Å²) in [5.74, 6) is 2.13. The van der Waals surface area contributed by atoms with Crippen LogP contribution in [-0.2, 0) is 17.3 Å². The van der Waals surface area contributed by atoms with Crippen LogP contribution in [0.25, 0.3) is 6.20 Å². The molecule has 5 heteroatoms. The van der Waals surface area contributed by atoms with Gasteiger partial charge in [-0.05, 0) is 5.92 Å². The summed E-state index contributed by atoms with van der Waals surface area (Å²) in [5, 5.41) is 4.17. The van der Waals surface area contributed by atoms with Gasteiger partial charge in [-0.3, -0.25) is 9.11 Å². The van der Waals surface area contributed by atoms with Crippen LogP contribution in [0, 0.1) is 5.92 Å². The summed E-state index contributed by atoms with van der Waals surface area (Å²) in [7, 11) is -0.641. The van der Waals surface area contributed by atoms with Crippen molar-refractivity contribution in [1.29, 1.82) is 0 Å². The first-order valence-corrected chi connectivity index (χ1v) is 7.39. The summed E-state index contributed by atoms with van der Waals surface area (Å²) in [4.78, 5) is 2.36. The molecule has 0 aliphatic carbocycles. The molecule has 0 unspecified atom stereocenters. The molecule has 2 heterocycles. The van der Waals surface area contributed by atoms with E-state index in [-0.39, 0.29) is 0 Å². The molecule has 1 aliphatic rings. The van der Waals surface area contributed by atoms with Gasteiger partial charge in [-0.15, -0.1) is 0 Å². The van der Waals surface area contributed by atoms with Crippen molar-refractivity contribution in [2.24, 2.45) is 5.92 Å². The van der Waals surface area contributed by atoms with Crippen LogP contribution in [0.1, 0.15) is 12.5 Å². The van der Waals surface area contributed by atoms with Crippen LogP contribution in [0.15, 0.2) is 19.0 Å². The van der Waals surface area contributed by atoms with E-state index in [2.05, 4.69) is 23.5 Å². The molecule has 2 atom stereocenters. The molecular formula is C12H19N3OS. The minimum absolute atomic E-state index is 0.507. The zero-order chi connectivity index (χ0) is 12.3. The Morgan fingerprint density at radius 2 is 2.53 bits per heavy atom. The van der Waals surface area contributed by atoms with Crippen molar-refractivity contribution >= 4 is 17.0 Å². The molecule has 0 amide bonds. The first kappa shape index (κ1) is 12.5. The SMILES string of the molecule is C=Cn1cc(CN2CC[S@@](=O)C[C@@H](C)C2)cn1. The lowest BCUT2D eigenvalue weighted by molar-refractivity contribution is 0.257. The molecule has 0 spiro atoms. The van der Waals surface area contributed by atoms with Gasteiger partial charge in [-0.2, -0.15) is 5.10 Å². The van der Waals surface area contributed by atoms with Crippen LogP contribution in [0.5, 0.6) is 0 Å². The number of nitrogens with zero attached hydrogens (tertiary/aromatic N) is 3. The van der Waals surface area contributed by atoms with E-state index in [1.807, 2.05) is 12.4 Å². The molecule has 4 nitrogen and oxygen atoms in total. The van der Waals surface area contributed by atoms with Gasteiger partial charge in [0.05, 0.1) is 6.20 Å². The lowest BCUT2D eigenvalue weighted by Crippen LogP contribution is -2.28. The lowest BCUT2D eigenvalue weighted by atomic mass is 10.2. The third-order valence-electron chi connectivity index (χ3n) is 2.92. The number of aromatic nitrogens is 2. The van der Waals surface area contributed by atoms with Gasteiger partial charge in [0, 0.05) is 59.9 Å². The molecule has 0 saturated carbocycles. The maximum atomic E-state index is 11.6. The molecule has 1 aromatic rings. The summed E-state index contributed by atoms with van der Waals surface area (Å²) in [6.07, 6.45) is 5.54. The minimum Gasteiger partial charge on any atom is -0.298 e. The van der Waals surface area contributed by atoms with Crippen molar-refractivity contribution in [2.45, 2.75) is 13.5 Å². The van der Waals surface area contributed by atoms with Gasteiger partial charge in [-0.1, -0.05) is 13.5 Å². The second-order valence-corrected chi connectivity index (χ2v) is 6.28. The molecule has 2 rings (SSSR count). The number of rotatable bonds is 3. The second-order valence-electron chi connectivity index (χ2n) is 4.66. The van der Waals surface area contributed by atoms with Crippen LogP contribution in [0.2, 0.25) is 0 Å². The van der Waals surface area contributed by atoms with Crippen molar-refractivity contribution in [3.63, 3.8) is 0 Å². The fourth-order valence-electron chi connectivity index (χ4n) is 2.18. The Kier molecular flexibility index (Phi) is 4.12. The molecule has 1 saturated heterocycles. The van der Waals surface area contributed by atoms with E-state index in [4.69, 9.17) is 0 Å². The van der Waals surface area contributed by atoms with Gasteiger partial charge in [0.25, 0.3) is 0 Å². The highest BCUT2D eigenvalue weighted by atomic mass is 32.2. The molecule has 1 aliphatic heterocycles. The average molecular weight is 253 g/mol. The molecule has 17 heavy (non-hydrogen) atoms. The Hall–Kier alpha value is -0.940. The van der Waals surface area contributed by atoms with Gasteiger partial charge >= 0.3 is 0 Å². The first-order chi connectivity index (χ1) is 8.17. The zero-order valence-corrected chi connectivity index (χ0v) is 11.0. The van der Waals surface area contributed by atoms with Crippen LogP contribution >= 0.6 is 0 Å². The van der Waals surface area contributed by atoms with E-state index in [1.165, 1.54) is 5.56 Å². The summed E-state index contributed by atoms with van der Waals surface area (Å²) in [5.41, 5.74) is 1.18. The van der Waals surface area contributed by atoms with Crippen LogP contribution in [0.4, 0.5) is 0 Å². The monoisotopic (exact) mass is 253 g/mol. The fraction of sp³-hybridized carbons (Fsp3) is 0.583. The number of hydrogen-bond donors (Lipinski definition) is 0. The van der Waals surface area contributed by atoms with Crippen LogP contribution in [0.3, 0.4) is 0 Å². The zero-order valence-electron chi connectivity index (χ0n) is 10.2. The molecule has 94 valence electrons. The molecule has 0 bridgehead atoms. The lowest BCUT2D eigenvalue weighted by Gasteiger charge is -2.20. The fourth-order valence-corrected chi connectivity index (χ4v) is 3.55. The van der Waals surface area contributed by atoms with Gasteiger partial charge in [0.1, 0.15) is 0 Å². The standard InChI is InChI=1S/C12H19N3OS/c1-3-15-9-12(6-13-15)8-14-4-5-17(16)10-11(2)7-14/h3,6,9,11H,1,4-5,7-8,10H2,2H3/t11-,17+/m0/s1. The van der Waals surface area contributed by atoms with Crippen molar-refractivity contribution in [2.75, 3.05) is 24.6 Å². The molecule has 0 radical (unpaired) electrons. The maximum absolute atomic E-state index is 11.6. The Morgan fingerprint density at radius 3 is 3.24 bits per heavy atom. The van der Waals surface area contributed by atoms with Gasteiger partial charge in [-0.25, -0.2) is 4.68 Å². The summed E-state index contributed by atoms with van der Waals surface area (Å²) in [6, 6.07) is 0. The van der Waals surface area contributed by atoms with E-state index < -0.39 is 10.8 Å². The summed E-state index contributed by atoms with van der Waals surface area (Å²) in [6.45, 7) is 8.66. The van der Waals surface area contributed by atoms with E-state index in [9.17, 15) is 4.21 Å².